The molecule has 1 aromatic rings. The molecule has 9 heteroatoms. The third kappa shape index (κ3) is 2.65. The van der Waals surface area contributed by atoms with E-state index in [1.165, 1.54) is 4.90 Å². The van der Waals surface area contributed by atoms with Gasteiger partial charge in [-0.05, 0) is 25.3 Å². The molecule has 1 unspecified atom stereocenters. The van der Waals surface area contributed by atoms with Crippen molar-refractivity contribution in [3.8, 4) is 0 Å². The minimum Gasteiger partial charge on any atom is -0.369 e. The zero-order valence-corrected chi connectivity index (χ0v) is 15.3. The number of hydrogen-bond acceptors (Lipinski definition) is 5. The summed E-state index contributed by atoms with van der Waals surface area (Å²) in [5.74, 6) is -1.68. The van der Waals surface area contributed by atoms with E-state index in [9.17, 15) is 18.0 Å². The molecule has 1 atom stereocenters. The van der Waals surface area contributed by atoms with E-state index in [1.807, 2.05) is 0 Å². The Hall–Kier alpha value is -1.90. The third-order valence-electron chi connectivity index (χ3n) is 5.62. The molecule has 3 heterocycles. The molecule has 0 aliphatic carbocycles. The Kier molecular flexibility index (Phi) is 4.38. The molecule has 2 N–H and O–H groups in total. The first-order chi connectivity index (χ1) is 11.8. The Morgan fingerprint density at radius 1 is 1.36 bits per heavy atom. The molecule has 2 fully saturated rings. The summed E-state index contributed by atoms with van der Waals surface area (Å²) >= 11 is 0. The molecule has 0 bridgehead atoms. The van der Waals surface area contributed by atoms with Gasteiger partial charge in [-0.2, -0.15) is 5.10 Å². The van der Waals surface area contributed by atoms with Crippen molar-refractivity contribution in [3.63, 3.8) is 0 Å². The average Bonchev–Trinajstić information content (AvgIpc) is 3.09. The third-order valence-corrected chi connectivity index (χ3v) is 8.18. The number of nitrogens with two attached hydrogens (primary N) is 1. The van der Waals surface area contributed by atoms with Gasteiger partial charge in [0.05, 0.1) is 17.7 Å². The van der Waals surface area contributed by atoms with E-state index in [4.69, 9.17) is 5.73 Å². The van der Waals surface area contributed by atoms with E-state index in [-0.39, 0.29) is 37.2 Å². The van der Waals surface area contributed by atoms with Crippen LogP contribution in [0.1, 0.15) is 49.6 Å². The van der Waals surface area contributed by atoms with Crippen molar-refractivity contribution in [3.05, 3.63) is 18.0 Å². The van der Waals surface area contributed by atoms with Gasteiger partial charge in [-0.25, -0.2) is 8.42 Å². The Labute approximate surface area is 147 Å². The van der Waals surface area contributed by atoms with E-state index in [1.54, 1.807) is 16.9 Å². The normalized spacial score (nSPS) is 23.8. The Morgan fingerprint density at radius 3 is 2.56 bits per heavy atom. The van der Waals surface area contributed by atoms with E-state index in [0.29, 0.717) is 5.69 Å². The van der Waals surface area contributed by atoms with Crippen LogP contribution in [-0.2, 0) is 14.6 Å². The molecule has 8 nitrogen and oxygen atoms in total. The van der Waals surface area contributed by atoms with E-state index < -0.39 is 26.4 Å². The first-order valence-corrected chi connectivity index (χ1v) is 10.3. The molecule has 25 heavy (non-hydrogen) atoms. The van der Waals surface area contributed by atoms with Crippen LogP contribution in [0.25, 0.3) is 0 Å². The van der Waals surface area contributed by atoms with Gasteiger partial charge < -0.3 is 10.6 Å². The number of aromatic nitrogens is 2. The van der Waals surface area contributed by atoms with Crippen LogP contribution < -0.4 is 5.73 Å². The minimum atomic E-state index is -3.43. The standard InChI is InChI=1S/C16H24N4O4S/c1-3-11(4-2)20-7-5-13(18-20)15(22)19-9-16(10-19)12(14(17)21)6-8-25(16,23)24/h5,7,11-12H,3-4,6,8-10H2,1-2H3,(H2,17,21). The molecule has 2 aliphatic heterocycles. The summed E-state index contributed by atoms with van der Waals surface area (Å²) < 4.78 is 25.4. The van der Waals surface area contributed by atoms with Crippen molar-refractivity contribution in [1.82, 2.24) is 14.7 Å². The lowest BCUT2D eigenvalue weighted by molar-refractivity contribution is -0.124. The topological polar surface area (TPSA) is 115 Å². The van der Waals surface area contributed by atoms with Crippen LogP contribution in [0.3, 0.4) is 0 Å². The summed E-state index contributed by atoms with van der Waals surface area (Å²) in [4.78, 5) is 25.7. The second-order valence-corrected chi connectivity index (χ2v) is 9.39. The zero-order chi connectivity index (χ0) is 18.4. The van der Waals surface area contributed by atoms with Crippen molar-refractivity contribution >= 4 is 21.7 Å². The van der Waals surface area contributed by atoms with Crippen molar-refractivity contribution in [2.24, 2.45) is 11.7 Å². The fourth-order valence-corrected chi connectivity index (χ4v) is 6.32. The number of sulfone groups is 1. The Bertz CT molecular complexity index is 791. The summed E-state index contributed by atoms with van der Waals surface area (Å²) in [6, 6.07) is 1.89. The van der Waals surface area contributed by atoms with Crippen molar-refractivity contribution in [2.45, 2.75) is 43.9 Å². The molecule has 0 saturated carbocycles. The van der Waals surface area contributed by atoms with Crippen molar-refractivity contribution in [2.75, 3.05) is 18.8 Å². The Morgan fingerprint density at radius 2 is 2.00 bits per heavy atom. The van der Waals surface area contributed by atoms with Crippen LogP contribution in [0.15, 0.2) is 12.3 Å². The van der Waals surface area contributed by atoms with Gasteiger partial charge in [-0.3, -0.25) is 14.3 Å². The maximum Gasteiger partial charge on any atom is 0.274 e. The highest BCUT2D eigenvalue weighted by Gasteiger charge is 2.64. The number of carbonyl (C=O) groups excluding carboxylic acids is 2. The molecule has 1 spiro atoms. The van der Waals surface area contributed by atoms with Gasteiger partial charge in [-0.1, -0.05) is 13.8 Å². The number of carbonyl (C=O) groups is 2. The van der Waals surface area contributed by atoms with Crippen LogP contribution in [0, 0.1) is 5.92 Å². The van der Waals surface area contributed by atoms with Crippen LogP contribution in [-0.4, -0.2) is 58.5 Å². The molecular formula is C16H24N4O4S. The molecule has 138 valence electrons. The van der Waals surface area contributed by atoms with Crippen molar-refractivity contribution in [1.29, 1.82) is 0 Å². The van der Waals surface area contributed by atoms with Gasteiger partial charge in [0, 0.05) is 19.3 Å². The maximum absolute atomic E-state index is 12.6. The lowest BCUT2D eigenvalue weighted by atomic mass is 9.82. The van der Waals surface area contributed by atoms with E-state index >= 15 is 0 Å². The second kappa shape index (κ2) is 6.12. The smallest absolute Gasteiger partial charge is 0.274 e. The highest BCUT2D eigenvalue weighted by molar-refractivity contribution is 7.93. The molecule has 3 rings (SSSR count). The van der Waals surface area contributed by atoms with Crippen LogP contribution in [0.5, 0.6) is 0 Å². The van der Waals surface area contributed by atoms with Gasteiger partial charge in [0.25, 0.3) is 5.91 Å². The summed E-state index contributed by atoms with van der Waals surface area (Å²) in [6.07, 6.45) is 3.84. The van der Waals surface area contributed by atoms with Gasteiger partial charge in [0.15, 0.2) is 9.84 Å². The number of primary amides is 1. The molecule has 1 aromatic heterocycles. The Balaban J connectivity index is 1.76. The second-order valence-electron chi connectivity index (χ2n) is 6.94. The number of rotatable bonds is 5. The number of nitrogens with zero attached hydrogens (tertiary/aromatic N) is 3. The fraction of sp³-hybridized carbons (Fsp3) is 0.688. The lowest BCUT2D eigenvalue weighted by Crippen LogP contribution is -2.69. The van der Waals surface area contributed by atoms with Gasteiger partial charge in [0.1, 0.15) is 10.4 Å². The van der Waals surface area contributed by atoms with Gasteiger partial charge in [-0.15, -0.1) is 0 Å². The van der Waals surface area contributed by atoms with Gasteiger partial charge in [0.2, 0.25) is 5.91 Å². The van der Waals surface area contributed by atoms with Crippen molar-refractivity contribution < 1.29 is 18.0 Å². The SMILES string of the molecule is CCC(CC)n1ccc(C(=O)N2CC3(C2)C(C(N)=O)CCS3(=O)=O)n1. The lowest BCUT2D eigenvalue weighted by Gasteiger charge is -2.48. The molecular weight excluding hydrogens is 344 g/mol. The number of likely N-dealkylation sites (tertiary alicyclic amines) is 1. The zero-order valence-electron chi connectivity index (χ0n) is 14.5. The average molecular weight is 368 g/mol. The highest BCUT2D eigenvalue weighted by Crippen LogP contribution is 2.44. The first kappa shape index (κ1) is 17.9. The molecule has 0 aromatic carbocycles. The van der Waals surface area contributed by atoms with Crippen LogP contribution in [0.2, 0.25) is 0 Å². The summed E-state index contributed by atoms with van der Waals surface area (Å²) in [6.45, 7) is 4.15. The van der Waals surface area contributed by atoms with Crippen LogP contribution in [0.4, 0.5) is 0 Å². The molecule has 0 radical (unpaired) electrons. The molecule has 2 amide bonds. The summed E-state index contributed by atoms with van der Waals surface area (Å²) in [5, 5.41) is 4.35. The summed E-state index contributed by atoms with van der Waals surface area (Å²) in [7, 11) is -3.43. The number of hydrogen-bond donors (Lipinski definition) is 1. The molecule has 2 saturated heterocycles. The highest BCUT2D eigenvalue weighted by atomic mass is 32.2. The number of amides is 2. The summed E-state index contributed by atoms with van der Waals surface area (Å²) in [5.41, 5.74) is 5.68. The monoisotopic (exact) mass is 368 g/mol. The largest absolute Gasteiger partial charge is 0.369 e. The fourth-order valence-electron chi connectivity index (χ4n) is 4.00. The first-order valence-electron chi connectivity index (χ1n) is 8.61. The predicted molar refractivity (Wildman–Crippen MR) is 91.6 cm³/mol. The van der Waals surface area contributed by atoms with E-state index in [2.05, 4.69) is 18.9 Å². The molecule has 2 aliphatic rings. The van der Waals surface area contributed by atoms with E-state index in [0.717, 1.165) is 12.8 Å². The maximum atomic E-state index is 12.6. The quantitative estimate of drug-likeness (QED) is 0.805. The van der Waals surface area contributed by atoms with Crippen LogP contribution >= 0.6 is 0 Å². The van der Waals surface area contributed by atoms with Gasteiger partial charge >= 0.3 is 0 Å². The predicted octanol–water partition coefficient (Wildman–Crippen LogP) is 0.359. The minimum absolute atomic E-state index is 0.0135.